The van der Waals surface area contributed by atoms with Gasteiger partial charge >= 0.3 is 0 Å². The van der Waals surface area contributed by atoms with E-state index >= 15 is 0 Å². The molecule has 0 radical (unpaired) electrons. The van der Waals surface area contributed by atoms with Crippen LogP contribution in [-0.4, -0.2) is 51.8 Å². The Morgan fingerprint density at radius 1 is 1.22 bits per heavy atom. The van der Waals surface area contributed by atoms with E-state index in [2.05, 4.69) is 32.3 Å². The maximum Gasteiger partial charge on any atom is 0.222 e. The summed E-state index contributed by atoms with van der Waals surface area (Å²) in [4.78, 5) is 10.7. The molecule has 0 saturated carbocycles. The van der Waals surface area contributed by atoms with Gasteiger partial charge in [-0.1, -0.05) is 6.07 Å². The number of fused-ring (bicyclic) bond motifs is 1. The molecule has 1 fully saturated rings. The van der Waals surface area contributed by atoms with Gasteiger partial charge in [0.15, 0.2) is 0 Å². The zero-order chi connectivity index (χ0) is 18.6. The number of aliphatic hydroxyl groups is 1. The summed E-state index contributed by atoms with van der Waals surface area (Å²) in [6, 6.07) is 6.33. The Kier molecular flexibility index (Phi) is 5.55. The lowest BCUT2D eigenvalue weighted by molar-refractivity contribution is 0.0555. The van der Waals surface area contributed by atoms with E-state index in [1.54, 1.807) is 18.5 Å². The summed E-state index contributed by atoms with van der Waals surface area (Å²) in [5, 5.41) is 13.9. The second kappa shape index (κ2) is 8.23. The van der Waals surface area contributed by atoms with Crippen molar-refractivity contribution in [2.45, 2.75) is 51.3 Å². The normalized spacial score (nSPS) is 22.4. The number of aromatic nitrogens is 2. The smallest absolute Gasteiger partial charge is 0.222 e. The molecule has 2 heterocycles. The molecule has 2 unspecified atom stereocenters. The molecule has 1 aromatic carbocycles. The molecule has 1 saturated heterocycles. The summed E-state index contributed by atoms with van der Waals surface area (Å²) < 4.78 is 5.91. The summed E-state index contributed by atoms with van der Waals surface area (Å²) in [6.45, 7) is 5.08. The zero-order valence-corrected chi connectivity index (χ0v) is 15.9. The number of anilines is 1. The van der Waals surface area contributed by atoms with Crippen LogP contribution >= 0.6 is 0 Å². The highest BCUT2D eigenvalue weighted by Crippen LogP contribution is 2.31. The number of β-amino-alcohol motifs (C(OH)–C–C–N with tert-alkyl or cyclic N) is 1. The van der Waals surface area contributed by atoms with E-state index in [0.29, 0.717) is 19.1 Å². The number of rotatable bonds is 6. The van der Waals surface area contributed by atoms with E-state index < -0.39 is 6.10 Å². The number of likely N-dealkylation sites (tertiary alicyclic amines) is 1. The predicted octanol–water partition coefficient (Wildman–Crippen LogP) is 2.41. The van der Waals surface area contributed by atoms with Gasteiger partial charge in [0.25, 0.3) is 0 Å². The van der Waals surface area contributed by atoms with Crippen LogP contribution < -0.4 is 10.1 Å². The van der Waals surface area contributed by atoms with Crippen LogP contribution in [0.15, 0.2) is 30.6 Å². The highest BCUT2D eigenvalue weighted by atomic mass is 16.5. The minimum absolute atomic E-state index is 0.0185. The van der Waals surface area contributed by atoms with Crippen LogP contribution in [0.5, 0.6) is 5.75 Å². The number of nitrogens with zero attached hydrogens (tertiary/aromatic N) is 3. The summed E-state index contributed by atoms with van der Waals surface area (Å²) in [5.74, 6) is 1.58. The van der Waals surface area contributed by atoms with Gasteiger partial charge in [0.05, 0.1) is 18.8 Å². The molecule has 144 valence electrons. The standard InChI is InChI=1S/C21H28N4O2/c1-2-27-20-12-16-6-3-5-15(16)11-17(20)13-25-10-7-18(19(26)14-25)24-21-22-8-4-9-23-21/h4,8-9,11-12,18-19,26H,2-3,5-7,10,13-14H2,1H3,(H,22,23,24). The number of hydrogen-bond donors (Lipinski definition) is 2. The SMILES string of the molecule is CCOc1cc2c(cc1CN1CCC(Nc3ncccn3)C(O)C1)CCC2. The van der Waals surface area contributed by atoms with Crippen LogP contribution in [0, 0.1) is 0 Å². The Hall–Kier alpha value is -2.18. The van der Waals surface area contributed by atoms with Crippen LogP contribution in [0.3, 0.4) is 0 Å². The van der Waals surface area contributed by atoms with Crippen LogP contribution in [0.1, 0.15) is 36.5 Å². The first kappa shape index (κ1) is 18.2. The summed E-state index contributed by atoms with van der Waals surface area (Å²) in [5.41, 5.74) is 4.14. The number of aliphatic hydroxyl groups excluding tert-OH is 1. The minimum Gasteiger partial charge on any atom is -0.494 e. The molecular formula is C21H28N4O2. The Bertz CT molecular complexity index is 768. The van der Waals surface area contributed by atoms with Gasteiger partial charge in [-0.15, -0.1) is 0 Å². The number of hydrogen-bond acceptors (Lipinski definition) is 6. The van der Waals surface area contributed by atoms with E-state index in [4.69, 9.17) is 4.74 Å². The van der Waals surface area contributed by atoms with Crippen molar-refractivity contribution in [1.82, 2.24) is 14.9 Å². The molecular weight excluding hydrogens is 340 g/mol. The largest absolute Gasteiger partial charge is 0.494 e. The van der Waals surface area contributed by atoms with Gasteiger partial charge in [-0.3, -0.25) is 4.90 Å². The lowest BCUT2D eigenvalue weighted by atomic mass is 10.00. The molecule has 6 heteroatoms. The highest BCUT2D eigenvalue weighted by Gasteiger charge is 2.29. The van der Waals surface area contributed by atoms with Gasteiger partial charge in [0, 0.05) is 37.6 Å². The number of piperidine rings is 1. The highest BCUT2D eigenvalue weighted by molar-refractivity contribution is 5.45. The van der Waals surface area contributed by atoms with Gasteiger partial charge in [0.1, 0.15) is 5.75 Å². The van der Waals surface area contributed by atoms with Crippen LogP contribution in [0.2, 0.25) is 0 Å². The monoisotopic (exact) mass is 368 g/mol. The predicted molar refractivity (Wildman–Crippen MR) is 105 cm³/mol. The van der Waals surface area contributed by atoms with Crippen molar-refractivity contribution >= 4 is 5.95 Å². The Balaban J connectivity index is 1.41. The molecule has 1 aliphatic heterocycles. The molecule has 0 spiro atoms. The molecule has 4 rings (SSSR count). The lowest BCUT2D eigenvalue weighted by Crippen LogP contribution is -2.49. The zero-order valence-electron chi connectivity index (χ0n) is 15.9. The Morgan fingerprint density at radius 3 is 2.74 bits per heavy atom. The molecule has 27 heavy (non-hydrogen) atoms. The fourth-order valence-corrected chi connectivity index (χ4v) is 4.16. The third kappa shape index (κ3) is 4.22. The van der Waals surface area contributed by atoms with Crippen molar-refractivity contribution in [3.8, 4) is 5.75 Å². The molecule has 2 aliphatic rings. The number of ether oxygens (including phenoxy) is 1. The average Bonchev–Trinajstić information content (AvgIpc) is 3.12. The first-order valence-corrected chi connectivity index (χ1v) is 9.94. The first-order valence-electron chi connectivity index (χ1n) is 9.94. The second-order valence-corrected chi connectivity index (χ2v) is 7.43. The van der Waals surface area contributed by atoms with Gasteiger partial charge in [-0.2, -0.15) is 0 Å². The maximum atomic E-state index is 10.6. The van der Waals surface area contributed by atoms with Crippen molar-refractivity contribution in [2.24, 2.45) is 0 Å². The molecule has 6 nitrogen and oxygen atoms in total. The minimum atomic E-state index is -0.451. The van der Waals surface area contributed by atoms with Crippen LogP contribution in [-0.2, 0) is 19.4 Å². The van der Waals surface area contributed by atoms with Gasteiger partial charge < -0.3 is 15.2 Å². The molecule has 2 aromatic rings. The summed E-state index contributed by atoms with van der Waals surface area (Å²) in [7, 11) is 0. The van der Waals surface area contributed by atoms with Gasteiger partial charge in [0.2, 0.25) is 5.95 Å². The fourth-order valence-electron chi connectivity index (χ4n) is 4.16. The third-order valence-electron chi connectivity index (χ3n) is 5.52. The van der Waals surface area contributed by atoms with E-state index in [0.717, 1.165) is 31.7 Å². The molecule has 2 atom stereocenters. The summed E-state index contributed by atoms with van der Waals surface area (Å²) in [6.07, 6.45) is 7.39. The molecule has 1 aliphatic carbocycles. The van der Waals surface area contributed by atoms with Gasteiger partial charge in [-0.25, -0.2) is 9.97 Å². The van der Waals surface area contributed by atoms with Crippen molar-refractivity contribution in [3.63, 3.8) is 0 Å². The van der Waals surface area contributed by atoms with Crippen molar-refractivity contribution in [3.05, 3.63) is 47.3 Å². The Morgan fingerprint density at radius 2 is 2.00 bits per heavy atom. The van der Waals surface area contributed by atoms with E-state index in [1.807, 2.05) is 6.92 Å². The van der Waals surface area contributed by atoms with Crippen LogP contribution in [0.25, 0.3) is 0 Å². The van der Waals surface area contributed by atoms with E-state index in [9.17, 15) is 5.11 Å². The topological polar surface area (TPSA) is 70.5 Å². The fraction of sp³-hybridized carbons (Fsp3) is 0.524. The molecule has 1 aromatic heterocycles. The Labute approximate surface area is 160 Å². The molecule has 2 N–H and O–H groups in total. The summed E-state index contributed by atoms with van der Waals surface area (Å²) >= 11 is 0. The van der Waals surface area contributed by atoms with Crippen molar-refractivity contribution in [1.29, 1.82) is 0 Å². The van der Waals surface area contributed by atoms with Gasteiger partial charge in [-0.05, 0) is 55.9 Å². The number of aryl methyl sites for hydroxylation is 2. The second-order valence-electron chi connectivity index (χ2n) is 7.43. The number of nitrogens with one attached hydrogen (secondary N) is 1. The van der Waals surface area contributed by atoms with Crippen molar-refractivity contribution in [2.75, 3.05) is 25.0 Å². The van der Waals surface area contributed by atoms with E-state index in [-0.39, 0.29) is 6.04 Å². The maximum absolute atomic E-state index is 10.6. The lowest BCUT2D eigenvalue weighted by Gasteiger charge is -2.36. The number of benzene rings is 1. The quantitative estimate of drug-likeness (QED) is 0.816. The average molecular weight is 368 g/mol. The molecule has 0 bridgehead atoms. The van der Waals surface area contributed by atoms with Crippen molar-refractivity contribution < 1.29 is 9.84 Å². The van der Waals surface area contributed by atoms with Crippen LogP contribution in [0.4, 0.5) is 5.95 Å². The van der Waals surface area contributed by atoms with E-state index in [1.165, 1.54) is 29.5 Å². The molecule has 0 amide bonds. The third-order valence-corrected chi connectivity index (χ3v) is 5.52. The first-order chi connectivity index (χ1) is 13.2.